The van der Waals surface area contributed by atoms with Gasteiger partial charge in [-0.05, 0) is 23.8 Å². The fourth-order valence-electron chi connectivity index (χ4n) is 3.08. The predicted octanol–water partition coefficient (Wildman–Crippen LogP) is 2.09. The lowest BCUT2D eigenvalue weighted by Crippen LogP contribution is -2.29. The van der Waals surface area contributed by atoms with E-state index in [2.05, 4.69) is 25.5 Å². The van der Waals surface area contributed by atoms with E-state index >= 15 is 0 Å². The summed E-state index contributed by atoms with van der Waals surface area (Å²) in [5, 5.41) is 26.0. The molecular formula is C22H16N6O5. The minimum absolute atomic E-state index is 0.146. The highest BCUT2D eigenvalue weighted by Gasteiger charge is 2.23. The minimum atomic E-state index is -1.40. The highest BCUT2D eigenvalue weighted by molar-refractivity contribution is 6.04. The van der Waals surface area contributed by atoms with Crippen LogP contribution in [0.1, 0.15) is 27.7 Å². The van der Waals surface area contributed by atoms with Gasteiger partial charge in [0.1, 0.15) is 11.8 Å². The zero-order valence-electron chi connectivity index (χ0n) is 16.9. The number of aromatic amines is 1. The van der Waals surface area contributed by atoms with E-state index in [1.165, 1.54) is 42.7 Å². The molecule has 11 nitrogen and oxygen atoms in total. The first-order valence-corrected chi connectivity index (χ1v) is 9.64. The van der Waals surface area contributed by atoms with Crippen LogP contribution in [0.4, 0.5) is 5.69 Å². The Balaban J connectivity index is 1.80. The first kappa shape index (κ1) is 21.5. The lowest BCUT2D eigenvalue weighted by atomic mass is 10.0. The molecule has 0 unspecified atom stereocenters. The molecule has 2 aromatic carbocycles. The number of nitrogens with zero attached hydrogens (tertiary/aromatic N) is 4. The van der Waals surface area contributed by atoms with Crippen molar-refractivity contribution in [2.24, 2.45) is 5.10 Å². The van der Waals surface area contributed by atoms with Crippen LogP contribution in [0.25, 0.3) is 11.0 Å². The second-order valence-corrected chi connectivity index (χ2v) is 6.86. The zero-order valence-corrected chi connectivity index (χ0v) is 16.9. The van der Waals surface area contributed by atoms with E-state index in [4.69, 9.17) is 0 Å². The molecule has 0 spiro atoms. The van der Waals surface area contributed by atoms with Crippen molar-refractivity contribution in [2.75, 3.05) is 0 Å². The van der Waals surface area contributed by atoms with Crippen LogP contribution in [0.15, 0.2) is 83.0 Å². The van der Waals surface area contributed by atoms with Crippen molar-refractivity contribution in [3.05, 3.63) is 110 Å². The molecule has 2 heterocycles. The maximum Gasteiger partial charge on any atom is 0.276 e. The fraction of sp³-hybridized carbons (Fsp3) is 0.0455. The molecule has 33 heavy (non-hydrogen) atoms. The van der Waals surface area contributed by atoms with Gasteiger partial charge in [-0.15, -0.1) is 0 Å². The molecule has 164 valence electrons. The standard InChI is InChI=1S/C22H16N6O5/c29-20(13-4-2-1-3-5-13)18(26-27-21(30)14-8-10-23-11-9-14)19-22(31)25-17-12-15(28(32)33)6-7-16(17)24-19/h1-12,20,29H,(H,25,31)(H,27,30)/b26-18+/t20-/m1/s1. The molecule has 0 fully saturated rings. The number of rotatable bonds is 6. The van der Waals surface area contributed by atoms with Crippen LogP contribution in [0.2, 0.25) is 0 Å². The molecule has 4 rings (SSSR count). The van der Waals surface area contributed by atoms with Crippen LogP contribution >= 0.6 is 0 Å². The van der Waals surface area contributed by atoms with E-state index in [-0.39, 0.29) is 33.7 Å². The smallest absolute Gasteiger partial charge is 0.276 e. The number of pyridine rings is 1. The quantitative estimate of drug-likeness (QED) is 0.233. The largest absolute Gasteiger partial charge is 0.382 e. The Morgan fingerprint density at radius 3 is 2.55 bits per heavy atom. The number of hydrazone groups is 1. The monoisotopic (exact) mass is 444 g/mol. The predicted molar refractivity (Wildman–Crippen MR) is 119 cm³/mol. The first-order valence-electron chi connectivity index (χ1n) is 9.64. The number of hydrogen-bond donors (Lipinski definition) is 3. The summed E-state index contributed by atoms with van der Waals surface area (Å²) in [6.45, 7) is 0. The van der Waals surface area contributed by atoms with E-state index in [1.54, 1.807) is 30.3 Å². The van der Waals surface area contributed by atoms with Crippen molar-refractivity contribution in [3.63, 3.8) is 0 Å². The third-order valence-corrected chi connectivity index (χ3v) is 4.72. The summed E-state index contributed by atoms with van der Waals surface area (Å²) in [5.41, 5.74) is 2.00. The van der Waals surface area contributed by atoms with Gasteiger partial charge < -0.3 is 10.1 Å². The van der Waals surface area contributed by atoms with Gasteiger partial charge in [0.15, 0.2) is 5.69 Å². The number of nitro benzene ring substituents is 1. The molecule has 0 saturated carbocycles. The Morgan fingerprint density at radius 1 is 1.12 bits per heavy atom. The van der Waals surface area contributed by atoms with Crippen LogP contribution in [-0.4, -0.2) is 36.6 Å². The molecule has 11 heteroatoms. The average Bonchev–Trinajstić information content (AvgIpc) is 2.84. The third kappa shape index (κ3) is 4.62. The molecule has 0 bridgehead atoms. The number of hydrogen-bond acceptors (Lipinski definition) is 8. The number of H-pyrrole nitrogens is 1. The molecule has 0 aliphatic rings. The highest BCUT2D eigenvalue weighted by atomic mass is 16.6. The number of nitrogens with one attached hydrogen (secondary N) is 2. The van der Waals surface area contributed by atoms with Gasteiger partial charge in [-0.2, -0.15) is 5.10 Å². The van der Waals surface area contributed by atoms with Gasteiger partial charge in [-0.1, -0.05) is 30.3 Å². The van der Waals surface area contributed by atoms with Crippen molar-refractivity contribution >= 4 is 28.3 Å². The molecule has 0 saturated heterocycles. The van der Waals surface area contributed by atoms with Crippen molar-refractivity contribution < 1.29 is 14.8 Å². The normalized spacial score (nSPS) is 12.3. The Bertz CT molecular complexity index is 1420. The topological polar surface area (TPSA) is 163 Å². The summed E-state index contributed by atoms with van der Waals surface area (Å²) in [4.78, 5) is 46.3. The van der Waals surface area contributed by atoms with Crippen LogP contribution in [0.5, 0.6) is 0 Å². The van der Waals surface area contributed by atoms with Crippen molar-refractivity contribution in [3.8, 4) is 0 Å². The Labute approximate surface area is 185 Å². The van der Waals surface area contributed by atoms with Crippen LogP contribution in [0, 0.1) is 10.1 Å². The van der Waals surface area contributed by atoms with Crippen LogP contribution in [0.3, 0.4) is 0 Å². The summed E-state index contributed by atoms with van der Waals surface area (Å²) < 4.78 is 0. The number of nitro groups is 1. The third-order valence-electron chi connectivity index (χ3n) is 4.72. The Morgan fingerprint density at radius 2 is 1.85 bits per heavy atom. The van der Waals surface area contributed by atoms with Gasteiger partial charge in [-0.3, -0.25) is 24.7 Å². The summed E-state index contributed by atoms with van der Waals surface area (Å²) in [6, 6.07) is 15.2. The van der Waals surface area contributed by atoms with Gasteiger partial charge >= 0.3 is 0 Å². The number of non-ortho nitro benzene ring substituents is 1. The molecule has 0 aliphatic heterocycles. The number of aliphatic hydroxyl groups is 1. The van der Waals surface area contributed by atoms with Gasteiger partial charge in [0, 0.05) is 30.1 Å². The van der Waals surface area contributed by atoms with Gasteiger partial charge in [0.2, 0.25) is 0 Å². The van der Waals surface area contributed by atoms with Gasteiger partial charge in [-0.25, -0.2) is 10.4 Å². The number of carbonyl (C=O) groups is 1. The number of benzene rings is 2. The molecule has 4 aromatic rings. The van der Waals surface area contributed by atoms with Crippen molar-refractivity contribution in [1.82, 2.24) is 20.4 Å². The zero-order chi connectivity index (χ0) is 23.4. The Hall–Kier alpha value is -4.77. The first-order chi connectivity index (χ1) is 15.9. The maximum atomic E-state index is 12.8. The van der Waals surface area contributed by atoms with Gasteiger partial charge in [0.05, 0.1) is 16.0 Å². The number of aliphatic hydroxyl groups excluding tert-OH is 1. The molecule has 3 N–H and O–H groups in total. The highest BCUT2D eigenvalue weighted by Crippen LogP contribution is 2.20. The summed E-state index contributed by atoms with van der Waals surface area (Å²) >= 11 is 0. The lowest BCUT2D eigenvalue weighted by Gasteiger charge is -2.14. The van der Waals surface area contributed by atoms with E-state index in [0.29, 0.717) is 5.56 Å². The van der Waals surface area contributed by atoms with Crippen molar-refractivity contribution in [2.45, 2.75) is 6.10 Å². The molecule has 2 aromatic heterocycles. The van der Waals surface area contributed by atoms with Crippen molar-refractivity contribution in [1.29, 1.82) is 0 Å². The summed E-state index contributed by atoms with van der Waals surface area (Å²) in [7, 11) is 0. The second-order valence-electron chi connectivity index (χ2n) is 6.86. The number of carbonyl (C=O) groups excluding carboxylic acids is 1. The minimum Gasteiger partial charge on any atom is -0.382 e. The van der Waals surface area contributed by atoms with Crippen LogP contribution < -0.4 is 11.0 Å². The van der Waals surface area contributed by atoms with E-state index in [9.17, 15) is 24.8 Å². The molecule has 0 radical (unpaired) electrons. The van der Waals surface area contributed by atoms with E-state index in [0.717, 1.165) is 0 Å². The molecule has 0 aliphatic carbocycles. The lowest BCUT2D eigenvalue weighted by molar-refractivity contribution is -0.384. The SMILES string of the molecule is O=C(N/N=C(\c1nc2ccc([N+](=O)[O-])cc2[nH]c1=O)[C@H](O)c1ccccc1)c1ccncc1. The molecule has 1 amide bonds. The fourth-order valence-corrected chi connectivity index (χ4v) is 3.08. The number of amides is 1. The number of aromatic nitrogens is 3. The van der Waals surface area contributed by atoms with Crippen LogP contribution in [-0.2, 0) is 0 Å². The summed E-state index contributed by atoms with van der Waals surface area (Å²) in [6.07, 6.45) is 1.48. The second kappa shape index (κ2) is 9.16. The molecule has 1 atom stereocenters. The maximum absolute atomic E-state index is 12.8. The number of fused-ring (bicyclic) bond motifs is 1. The van der Waals surface area contributed by atoms with E-state index < -0.39 is 22.5 Å². The average molecular weight is 444 g/mol. The Kier molecular flexibility index (Phi) is 5.96. The molecular weight excluding hydrogens is 428 g/mol. The summed E-state index contributed by atoms with van der Waals surface area (Å²) in [5.74, 6) is -0.581. The van der Waals surface area contributed by atoms with Gasteiger partial charge in [0.25, 0.3) is 17.2 Å². The van der Waals surface area contributed by atoms with E-state index in [1.807, 2.05) is 0 Å².